The van der Waals surface area contributed by atoms with Gasteiger partial charge >= 0.3 is 0 Å². The smallest absolute Gasteiger partial charge is 0.144 e. The standard InChI is InChI=1S/C15H22O4/c1-8-10(16)9-6-12(2)7-19-15(9,11(12)17)13(3)4-5-14(8,13)18/h8-9,11,17-18H,4-7H2,1-3H3/t8-,9+,11-,12-,13-,14+,15-/m0/s1. The quantitative estimate of drug-likeness (QED) is 0.683. The predicted molar refractivity (Wildman–Crippen MR) is 67.4 cm³/mol. The summed E-state index contributed by atoms with van der Waals surface area (Å²) in [5, 5.41) is 21.8. The highest BCUT2D eigenvalue weighted by molar-refractivity contribution is 5.88. The van der Waals surface area contributed by atoms with Gasteiger partial charge in [-0.2, -0.15) is 0 Å². The molecule has 0 radical (unpaired) electrons. The fourth-order valence-electron chi connectivity index (χ4n) is 5.72. The molecule has 19 heavy (non-hydrogen) atoms. The Morgan fingerprint density at radius 2 is 2.00 bits per heavy atom. The van der Waals surface area contributed by atoms with Gasteiger partial charge in [-0.25, -0.2) is 0 Å². The minimum Gasteiger partial charge on any atom is -0.389 e. The van der Waals surface area contributed by atoms with Crippen molar-refractivity contribution in [2.75, 3.05) is 6.61 Å². The van der Waals surface area contributed by atoms with Gasteiger partial charge in [0.25, 0.3) is 0 Å². The Morgan fingerprint density at radius 3 is 2.53 bits per heavy atom. The van der Waals surface area contributed by atoms with Crippen LogP contribution in [0.25, 0.3) is 0 Å². The Labute approximate surface area is 113 Å². The molecule has 1 aliphatic heterocycles. The number of carbonyl (C=O) groups is 1. The third-order valence-electron chi connectivity index (χ3n) is 7.21. The first-order chi connectivity index (χ1) is 8.73. The van der Waals surface area contributed by atoms with Gasteiger partial charge in [0.05, 0.1) is 24.2 Å². The molecule has 2 bridgehead atoms. The predicted octanol–water partition coefficient (Wildman–Crippen LogP) is 0.893. The molecular weight excluding hydrogens is 244 g/mol. The lowest BCUT2D eigenvalue weighted by molar-refractivity contribution is -0.310. The molecule has 4 heteroatoms. The largest absolute Gasteiger partial charge is 0.389 e. The monoisotopic (exact) mass is 266 g/mol. The molecule has 4 fully saturated rings. The number of Topliss-reactive ketones (excluding diaryl/α,β-unsaturated/α-hetero) is 1. The molecule has 3 aliphatic carbocycles. The maximum atomic E-state index is 12.7. The van der Waals surface area contributed by atoms with Crippen LogP contribution in [0.2, 0.25) is 0 Å². The Kier molecular flexibility index (Phi) is 1.89. The number of rotatable bonds is 0. The van der Waals surface area contributed by atoms with Gasteiger partial charge in [0.1, 0.15) is 11.4 Å². The average molecular weight is 266 g/mol. The van der Waals surface area contributed by atoms with Crippen LogP contribution >= 0.6 is 0 Å². The van der Waals surface area contributed by atoms with E-state index in [0.29, 0.717) is 19.4 Å². The van der Waals surface area contributed by atoms with Gasteiger partial charge in [-0.1, -0.05) is 20.8 Å². The number of ether oxygens (including phenoxy) is 1. The number of hydrogen-bond donors (Lipinski definition) is 2. The third-order valence-corrected chi connectivity index (χ3v) is 7.21. The van der Waals surface area contributed by atoms with E-state index >= 15 is 0 Å². The highest BCUT2D eigenvalue weighted by atomic mass is 16.5. The van der Waals surface area contributed by atoms with Crippen molar-refractivity contribution in [2.45, 2.75) is 57.3 Å². The highest BCUT2D eigenvalue weighted by Gasteiger charge is 2.84. The number of fused-ring (bicyclic) bond motifs is 2. The van der Waals surface area contributed by atoms with E-state index in [-0.39, 0.29) is 23.0 Å². The van der Waals surface area contributed by atoms with Crippen molar-refractivity contribution < 1.29 is 19.7 Å². The Balaban J connectivity index is 1.94. The van der Waals surface area contributed by atoms with Crippen molar-refractivity contribution in [3.8, 4) is 0 Å². The van der Waals surface area contributed by atoms with Crippen LogP contribution in [0, 0.1) is 22.7 Å². The number of ketones is 1. The lowest BCUT2D eigenvalue weighted by atomic mass is 9.40. The van der Waals surface area contributed by atoms with Crippen molar-refractivity contribution in [2.24, 2.45) is 22.7 Å². The van der Waals surface area contributed by atoms with E-state index in [4.69, 9.17) is 4.74 Å². The Bertz CT molecular complexity index is 491. The second-order valence-electron chi connectivity index (χ2n) is 7.78. The summed E-state index contributed by atoms with van der Waals surface area (Å²) in [4.78, 5) is 12.7. The third kappa shape index (κ3) is 0.903. The van der Waals surface area contributed by atoms with Gasteiger partial charge in [-0.05, 0) is 19.3 Å². The summed E-state index contributed by atoms with van der Waals surface area (Å²) in [7, 11) is 0. The molecular formula is C15H22O4. The first-order valence-electron chi connectivity index (χ1n) is 7.31. The van der Waals surface area contributed by atoms with Crippen LogP contribution in [0.5, 0.6) is 0 Å². The first-order valence-corrected chi connectivity index (χ1v) is 7.31. The maximum absolute atomic E-state index is 12.7. The second kappa shape index (κ2) is 2.92. The van der Waals surface area contributed by atoms with E-state index in [9.17, 15) is 15.0 Å². The first kappa shape index (κ1) is 12.3. The Hall–Kier alpha value is -0.450. The topological polar surface area (TPSA) is 66.8 Å². The summed E-state index contributed by atoms with van der Waals surface area (Å²) in [5.74, 6) is -0.510. The fraction of sp³-hybridized carbons (Fsp3) is 0.933. The molecule has 4 nitrogen and oxygen atoms in total. The van der Waals surface area contributed by atoms with Crippen molar-refractivity contribution in [1.29, 1.82) is 0 Å². The summed E-state index contributed by atoms with van der Waals surface area (Å²) < 4.78 is 6.05. The van der Waals surface area contributed by atoms with E-state index in [2.05, 4.69) is 0 Å². The molecule has 1 spiro atoms. The van der Waals surface area contributed by atoms with Gasteiger partial charge in [0.15, 0.2) is 0 Å². The zero-order valence-corrected chi connectivity index (χ0v) is 11.8. The van der Waals surface area contributed by atoms with Gasteiger partial charge < -0.3 is 14.9 Å². The fourth-order valence-corrected chi connectivity index (χ4v) is 5.72. The number of aliphatic hydroxyl groups is 2. The lowest BCUT2D eigenvalue weighted by Crippen LogP contribution is -2.78. The molecule has 0 aromatic heterocycles. The lowest BCUT2D eigenvalue weighted by Gasteiger charge is -2.68. The molecule has 0 unspecified atom stereocenters. The van der Waals surface area contributed by atoms with E-state index in [1.54, 1.807) is 0 Å². The molecule has 7 atom stereocenters. The van der Waals surface area contributed by atoms with Crippen molar-refractivity contribution in [3.63, 3.8) is 0 Å². The summed E-state index contributed by atoms with van der Waals surface area (Å²) in [6.45, 7) is 6.35. The summed E-state index contributed by atoms with van der Waals surface area (Å²) in [5.41, 5.74) is -2.68. The van der Waals surface area contributed by atoms with Gasteiger partial charge in [-0.15, -0.1) is 0 Å². The van der Waals surface area contributed by atoms with Crippen molar-refractivity contribution in [3.05, 3.63) is 0 Å². The number of carbonyl (C=O) groups excluding carboxylic acids is 1. The molecule has 0 aromatic rings. The van der Waals surface area contributed by atoms with Crippen LogP contribution in [0.3, 0.4) is 0 Å². The number of aliphatic hydroxyl groups excluding tert-OH is 1. The minimum absolute atomic E-state index is 0.0853. The van der Waals surface area contributed by atoms with Crippen molar-refractivity contribution in [1.82, 2.24) is 0 Å². The second-order valence-corrected chi connectivity index (χ2v) is 7.78. The molecule has 4 rings (SSSR count). The van der Waals surface area contributed by atoms with Crippen molar-refractivity contribution >= 4 is 5.78 Å². The molecule has 106 valence electrons. The van der Waals surface area contributed by atoms with Crippen LogP contribution in [-0.2, 0) is 9.53 Å². The van der Waals surface area contributed by atoms with Gasteiger partial charge in [0, 0.05) is 16.7 Å². The summed E-state index contributed by atoms with van der Waals surface area (Å²) in [6.07, 6.45) is 1.52. The normalized spacial score (nSPS) is 66.6. The zero-order valence-electron chi connectivity index (χ0n) is 11.8. The molecule has 4 aliphatic rings. The Morgan fingerprint density at radius 1 is 1.32 bits per heavy atom. The van der Waals surface area contributed by atoms with Gasteiger partial charge in [0.2, 0.25) is 0 Å². The van der Waals surface area contributed by atoms with E-state index < -0.39 is 22.7 Å². The van der Waals surface area contributed by atoms with Gasteiger partial charge in [-0.3, -0.25) is 4.79 Å². The van der Waals surface area contributed by atoms with E-state index in [0.717, 1.165) is 6.42 Å². The highest BCUT2D eigenvalue weighted by Crippen LogP contribution is 2.74. The summed E-state index contributed by atoms with van der Waals surface area (Å²) >= 11 is 0. The average Bonchev–Trinajstić information content (AvgIpc) is 2.78. The summed E-state index contributed by atoms with van der Waals surface area (Å²) in [6, 6.07) is 0. The molecule has 2 N–H and O–H groups in total. The maximum Gasteiger partial charge on any atom is 0.144 e. The van der Waals surface area contributed by atoms with Crippen LogP contribution in [0.4, 0.5) is 0 Å². The molecule has 0 amide bonds. The molecule has 3 saturated carbocycles. The minimum atomic E-state index is -1.00. The molecule has 1 heterocycles. The van der Waals surface area contributed by atoms with Crippen LogP contribution in [-0.4, -0.2) is 39.9 Å². The van der Waals surface area contributed by atoms with Crippen LogP contribution in [0.1, 0.15) is 40.0 Å². The number of hydrogen-bond acceptors (Lipinski definition) is 4. The SMILES string of the molecule is C[C@H]1C(=O)[C@H]2C[C@@]3(C)CO[C@@]2([C@H]3O)[C@@]2(C)CC[C@@]12O. The zero-order chi connectivity index (χ0) is 13.8. The molecule has 0 aromatic carbocycles. The van der Waals surface area contributed by atoms with E-state index in [1.807, 2.05) is 20.8 Å². The van der Waals surface area contributed by atoms with Crippen LogP contribution in [0.15, 0.2) is 0 Å². The van der Waals surface area contributed by atoms with Crippen LogP contribution < -0.4 is 0 Å². The van der Waals surface area contributed by atoms with E-state index in [1.165, 1.54) is 0 Å². The molecule has 1 saturated heterocycles.